The van der Waals surface area contributed by atoms with Crippen molar-refractivity contribution < 1.29 is 18.7 Å². The fourth-order valence-corrected chi connectivity index (χ4v) is 3.25. The standard InChI is InChI=1S/C23H19ClN2O4/c1-13-4-8-19-18(10-13)26-23(30-19)15-5-7-16(24)17(11-15)25-22(27)14-6-9-20(28-2)21(12-14)29-3/h4-12H,1-3H3,(H,25,27). The topological polar surface area (TPSA) is 73.6 Å². The van der Waals surface area contributed by atoms with E-state index in [1.165, 1.54) is 14.2 Å². The summed E-state index contributed by atoms with van der Waals surface area (Å²) in [6.07, 6.45) is 0. The molecule has 0 aliphatic rings. The molecule has 0 fully saturated rings. The lowest BCUT2D eigenvalue weighted by atomic mass is 10.1. The number of nitrogens with zero attached hydrogens (tertiary/aromatic N) is 1. The Labute approximate surface area is 178 Å². The molecule has 0 atom stereocenters. The van der Waals surface area contributed by atoms with E-state index in [-0.39, 0.29) is 5.91 Å². The highest BCUT2D eigenvalue weighted by Gasteiger charge is 2.15. The van der Waals surface area contributed by atoms with Crippen LogP contribution in [0, 0.1) is 6.92 Å². The SMILES string of the molecule is COc1ccc(C(=O)Nc2cc(-c3nc4cc(C)ccc4o3)ccc2Cl)cc1OC. The fraction of sp³-hybridized carbons (Fsp3) is 0.130. The molecular weight excluding hydrogens is 404 g/mol. The summed E-state index contributed by atoms with van der Waals surface area (Å²) in [5, 5.41) is 3.23. The molecule has 3 aromatic carbocycles. The van der Waals surface area contributed by atoms with Gasteiger partial charge >= 0.3 is 0 Å². The molecule has 0 bridgehead atoms. The lowest BCUT2D eigenvalue weighted by Gasteiger charge is -2.11. The van der Waals surface area contributed by atoms with Crippen molar-refractivity contribution in [2.75, 3.05) is 19.5 Å². The van der Waals surface area contributed by atoms with E-state index in [9.17, 15) is 4.79 Å². The van der Waals surface area contributed by atoms with E-state index < -0.39 is 0 Å². The molecule has 0 saturated carbocycles. The second-order valence-corrected chi connectivity index (χ2v) is 7.12. The van der Waals surface area contributed by atoms with E-state index in [2.05, 4.69) is 10.3 Å². The van der Waals surface area contributed by atoms with Crippen LogP contribution < -0.4 is 14.8 Å². The monoisotopic (exact) mass is 422 g/mol. The molecule has 7 heteroatoms. The van der Waals surface area contributed by atoms with Crippen LogP contribution in [0.2, 0.25) is 5.02 Å². The normalized spacial score (nSPS) is 10.8. The summed E-state index contributed by atoms with van der Waals surface area (Å²) in [6, 6.07) is 16.0. The summed E-state index contributed by atoms with van der Waals surface area (Å²) in [5.41, 5.74) is 4.13. The molecule has 0 saturated heterocycles. The van der Waals surface area contributed by atoms with Crippen LogP contribution in [-0.2, 0) is 0 Å². The van der Waals surface area contributed by atoms with Crippen molar-refractivity contribution in [2.24, 2.45) is 0 Å². The fourth-order valence-electron chi connectivity index (χ4n) is 3.09. The van der Waals surface area contributed by atoms with Gasteiger partial charge in [0.25, 0.3) is 5.91 Å². The van der Waals surface area contributed by atoms with Crippen molar-refractivity contribution in [3.63, 3.8) is 0 Å². The Morgan fingerprint density at radius 1 is 1.00 bits per heavy atom. The number of carbonyl (C=O) groups is 1. The summed E-state index contributed by atoms with van der Waals surface area (Å²) >= 11 is 6.31. The van der Waals surface area contributed by atoms with Gasteiger partial charge in [-0.3, -0.25) is 4.79 Å². The third-order valence-electron chi connectivity index (χ3n) is 4.65. The average molecular weight is 423 g/mol. The van der Waals surface area contributed by atoms with Crippen molar-refractivity contribution in [3.05, 3.63) is 70.7 Å². The number of ether oxygens (including phenoxy) is 2. The zero-order chi connectivity index (χ0) is 21.3. The number of halogens is 1. The first-order chi connectivity index (χ1) is 14.5. The van der Waals surface area contributed by atoms with E-state index in [1.807, 2.05) is 25.1 Å². The average Bonchev–Trinajstić information content (AvgIpc) is 3.17. The number of fused-ring (bicyclic) bond motifs is 1. The second kappa shape index (κ2) is 8.08. The van der Waals surface area contributed by atoms with Gasteiger partial charge in [-0.25, -0.2) is 4.98 Å². The predicted molar refractivity (Wildman–Crippen MR) is 117 cm³/mol. The van der Waals surface area contributed by atoms with Gasteiger partial charge in [0.2, 0.25) is 5.89 Å². The number of nitrogens with one attached hydrogen (secondary N) is 1. The van der Waals surface area contributed by atoms with Gasteiger partial charge in [0.05, 0.1) is 24.9 Å². The largest absolute Gasteiger partial charge is 0.493 e. The van der Waals surface area contributed by atoms with Crippen molar-refractivity contribution in [3.8, 4) is 23.0 Å². The van der Waals surface area contributed by atoms with Crippen LogP contribution in [0.25, 0.3) is 22.6 Å². The van der Waals surface area contributed by atoms with Crippen molar-refractivity contribution in [1.82, 2.24) is 4.98 Å². The van der Waals surface area contributed by atoms with Crippen LogP contribution >= 0.6 is 11.6 Å². The highest BCUT2D eigenvalue weighted by atomic mass is 35.5. The predicted octanol–water partition coefficient (Wildman–Crippen LogP) is 5.73. The van der Waals surface area contributed by atoms with Crippen LogP contribution in [-0.4, -0.2) is 25.1 Å². The third kappa shape index (κ3) is 3.82. The molecule has 0 aliphatic heterocycles. The van der Waals surface area contributed by atoms with Gasteiger partial charge < -0.3 is 19.2 Å². The first-order valence-corrected chi connectivity index (χ1v) is 9.57. The Bertz CT molecular complexity index is 1250. The summed E-state index contributed by atoms with van der Waals surface area (Å²) in [5.74, 6) is 1.13. The number of rotatable bonds is 5. The Kier molecular flexibility index (Phi) is 5.33. The molecule has 152 valence electrons. The minimum Gasteiger partial charge on any atom is -0.493 e. The summed E-state index contributed by atoms with van der Waals surface area (Å²) in [7, 11) is 3.05. The number of methoxy groups -OCH3 is 2. The molecule has 1 N–H and O–H groups in total. The van der Waals surface area contributed by atoms with Gasteiger partial charge in [-0.15, -0.1) is 0 Å². The number of anilines is 1. The zero-order valence-corrected chi connectivity index (χ0v) is 17.4. The highest BCUT2D eigenvalue weighted by molar-refractivity contribution is 6.34. The van der Waals surface area contributed by atoms with E-state index >= 15 is 0 Å². The molecule has 4 rings (SSSR count). The number of amides is 1. The van der Waals surface area contributed by atoms with Crippen LogP contribution in [0.4, 0.5) is 5.69 Å². The second-order valence-electron chi connectivity index (χ2n) is 6.71. The van der Waals surface area contributed by atoms with Crippen molar-refractivity contribution in [2.45, 2.75) is 6.92 Å². The van der Waals surface area contributed by atoms with Crippen LogP contribution in [0.15, 0.2) is 59.0 Å². The van der Waals surface area contributed by atoms with Crippen LogP contribution in [0.3, 0.4) is 0 Å². The highest BCUT2D eigenvalue weighted by Crippen LogP contribution is 2.32. The van der Waals surface area contributed by atoms with Gasteiger partial charge in [-0.05, 0) is 61.0 Å². The van der Waals surface area contributed by atoms with Gasteiger partial charge in [-0.1, -0.05) is 17.7 Å². The van der Waals surface area contributed by atoms with E-state index in [4.69, 9.17) is 25.5 Å². The lowest BCUT2D eigenvalue weighted by molar-refractivity contribution is 0.102. The number of benzene rings is 3. The number of aryl methyl sites for hydroxylation is 1. The van der Waals surface area contributed by atoms with Gasteiger partial charge in [-0.2, -0.15) is 0 Å². The van der Waals surface area contributed by atoms with E-state index in [0.717, 1.165) is 11.1 Å². The lowest BCUT2D eigenvalue weighted by Crippen LogP contribution is -2.12. The Hall–Kier alpha value is -3.51. The molecule has 0 radical (unpaired) electrons. The smallest absolute Gasteiger partial charge is 0.255 e. The summed E-state index contributed by atoms with van der Waals surface area (Å²) in [6.45, 7) is 2.00. The Balaban J connectivity index is 1.64. The first kappa shape index (κ1) is 19.8. The number of carbonyl (C=O) groups excluding carboxylic acids is 1. The number of oxazole rings is 1. The molecule has 1 heterocycles. The van der Waals surface area contributed by atoms with E-state index in [0.29, 0.717) is 44.8 Å². The number of hydrogen-bond donors (Lipinski definition) is 1. The molecule has 4 aromatic rings. The Morgan fingerprint density at radius 2 is 1.80 bits per heavy atom. The minimum atomic E-state index is -0.330. The molecule has 6 nitrogen and oxygen atoms in total. The molecule has 1 amide bonds. The van der Waals surface area contributed by atoms with Gasteiger partial charge in [0.1, 0.15) is 5.52 Å². The molecule has 0 aliphatic carbocycles. The maximum atomic E-state index is 12.8. The maximum Gasteiger partial charge on any atom is 0.255 e. The first-order valence-electron chi connectivity index (χ1n) is 9.19. The molecule has 1 aromatic heterocycles. The van der Waals surface area contributed by atoms with Crippen LogP contribution in [0.5, 0.6) is 11.5 Å². The maximum absolute atomic E-state index is 12.8. The number of aromatic nitrogens is 1. The summed E-state index contributed by atoms with van der Waals surface area (Å²) < 4.78 is 16.3. The van der Waals surface area contributed by atoms with Crippen LogP contribution in [0.1, 0.15) is 15.9 Å². The summed E-state index contributed by atoms with van der Waals surface area (Å²) in [4.78, 5) is 17.3. The molecular formula is C23H19ClN2O4. The molecule has 0 spiro atoms. The zero-order valence-electron chi connectivity index (χ0n) is 16.7. The minimum absolute atomic E-state index is 0.330. The quantitative estimate of drug-likeness (QED) is 0.444. The third-order valence-corrected chi connectivity index (χ3v) is 4.98. The van der Waals surface area contributed by atoms with Gasteiger partial charge in [0, 0.05) is 11.1 Å². The van der Waals surface area contributed by atoms with Gasteiger partial charge in [0.15, 0.2) is 17.1 Å². The van der Waals surface area contributed by atoms with E-state index in [1.54, 1.807) is 36.4 Å². The van der Waals surface area contributed by atoms with Crippen molar-refractivity contribution in [1.29, 1.82) is 0 Å². The molecule has 30 heavy (non-hydrogen) atoms. The number of hydrogen-bond acceptors (Lipinski definition) is 5. The van der Waals surface area contributed by atoms with Crippen molar-refractivity contribution >= 4 is 34.3 Å². The Morgan fingerprint density at radius 3 is 2.57 bits per heavy atom. The molecule has 0 unspecified atom stereocenters.